The maximum absolute atomic E-state index is 12.5. The Morgan fingerprint density at radius 2 is 1.75 bits per heavy atom. The summed E-state index contributed by atoms with van der Waals surface area (Å²) in [4.78, 5) is 53.6. The van der Waals surface area contributed by atoms with Crippen LogP contribution in [0.1, 0.15) is 41.1 Å². The van der Waals surface area contributed by atoms with Gasteiger partial charge in [-0.1, -0.05) is 0 Å². The molecule has 2 aromatic heterocycles. The molecule has 1 atom stereocenters. The van der Waals surface area contributed by atoms with Gasteiger partial charge in [-0.25, -0.2) is 19.9 Å². The molecule has 1 aromatic carbocycles. The van der Waals surface area contributed by atoms with Gasteiger partial charge >= 0.3 is 47.3 Å². The van der Waals surface area contributed by atoms with Crippen molar-refractivity contribution in [2.75, 3.05) is 17.7 Å². The van der Waals surface area contributed by atoms with Crippen molar-refractivity contribution in [2.24, 2.45) is 5.92 Å². The zero-order chi connectivity index (χ0) is 26.8. The Labute approximate surface area is 223 Å². The van der Waals surface area contributed by atoms with E-state index in [-0.39, 0.29) is 30.9 Å². The van der Waals surface area contributed by atoms with Gasteiger partial charge in [-0.15, -0.1) is 0 Å². The molecule has 14 heteroatoms. The number of anilines is 2. The number of halogens is 2. The number of carboxylic acids is 2. The first-order chi connectivity index (χ1) is 17.0. The van der Waals surface area contributed by atoms with Crippen molar-refractivity contribution in [3.8, 4) is 0 Å². The number of carbonyl (C=O) groups excluding carboxylic acids is 1. The van der Waals surface area contributed by atoms with Crippen LogP contribution < -0.4 is 10.6 Å². The summed E-state index contributed by atoms with van der Waals surface area (Å²) in [6.07, 6.45) is 0.960. The van der Waals surface area contributed by atoms with Crippen molar-refractivity contribution in [3.05, 3.63) is 47.5 Å². The molecule has 3 rings (SSSR count). The van der Waals surface area contributed by atoms with E-state index in [1.165, 1.54) is 0 Å². The van der Waals surface area contributed by atoms with Gasteiger partial charge in [-0.3, -0.25) is 14.4 Å². The van der Waals surface area contributed by atoms with Crippen molar-refractivity contribution in [1.29, 1.82) is 0 Å². The zero-order valence-electron chi connectivity index (χ0n) is 19.3. The van der Waals surface area contributed by atoms with Gasteiger partial charge < -0.3 is 20.8 Å². The average Bonchev–Trinajstić information content (AvgIpc) is 2.82. The number of aliphatic carboxylic acids is 2. The molecule has 0 radical (unpaired) electrons. The van der Waals surface area contributed by atoms with Gasteiger partial charge in [0.15, 0.2) is 22.8 Å². The third kappa shape index (κ3) is 8.65. The maximum atomic E-state index is 12.5. The van der Waals surface area contributed by atoms with E-state index in [0.29, 0.717) is 34.8 Å². The second kappa shape index (κ2) is 14.0. The molecule has 36 heavy (non-hydrogen) atoms. The predicted octanol–water partition coefficient (Wildman–Crippen LogP) is 3.46. The Hall–Kier alpha value is -2.88. The van der Waals surface area contributed by atoms with E-state index in [4.69, 9.17) is 29.7 Å². The molecule has 0 aliphatic rings. The third-order valence-corrected chi connectivity index (χ3v) is 5.11. The minimum absolute atomic E-state index is 0.0981. The number of benzene rings is 1. The molecule has 0 aliphatic carbocycles. The first-order valence-corrected chi connectivity index (χ1v) is 16.1. The van der Waals surface area contributed by atoms with E-state index in [1.54, 1.807) is 37.4 Å². The van der Waals surface area contributed by atoms with Gasteiger partial charge in [-0.05, 0) is 37.6 Å². The summed E-state index contributed by atoms with van der Waals surface area (Å²) < 4.78 is 0. The van der Waals surface area contributed by atoms with Crippen molar-refractivity contribution < 1.29 is 41.1 Å². The molecule has 0 bridgehead atoms. The quantitative estimate of drug-likeness (QED) is 0.262. The molecule has 0 spiro atoms. The molecule has 2 heterocycles. The number of hydrogen-bond donors (Lipinski definition) is 3. The van der Waals surface area contributed by atoms with Crippen LogP contribution in [0.5, 0.6) is 0 Å². The molecule has 0 saturated carbocycles. The number of fused-ring (bicyclic) bond motifs is 1. The molecule has 0 aliphatic heterocycles. The number of aryl methyl sites for hydroxylation is 1. The molecule has 3 aromatic rings. The van der Waals surface area contributed by atoms with Crippen molar-refractivity contribution in [1.82, 2.24) is 19.9 Å². The second-order valence-corrected chi connectivity index (χ2v) is 11.0. The first-order valence-electron chi connectivity index (χ1n) is 10.4. The minimum atomic E-state index is -1.18. The SMILES string of the molecule is Cc1nc(N)c2nc(CN(C)c3ccc(C(=O)CC(CCC(=O)O)C(=O)O)cc3)cnc2n1.[Cl][Pt][Cl]. The fourth-order valence-electron chi connectivity index (χ4n) is 3.34. The summed E-state index contributed by atoms with van der Waals surface area (Å²) in [7, 11) is 11.6. The number of carboxylic acid groups (broad SMARTS) is 2. The van der Waals surface area contributed by atoms with Crippen LogP contribution in [0.4, 0.5) is 11.5 Å². The monoisotopic (exact) mass is 717 g/mol. The predicted molar refractivity (Wildman–Crippen MR) is 131 cm³/mol. The number of nitrogens with two attached hydrogens (primary N) is 1. The molecule has 0 fully saturated rings. The van der Waals surface area contributed by atoms with Crippen molar-refractivity contribution >= 4 is 59.2 Å². The van der Waals surface area contributed by atoms with E-state index < -0.39 is 34.3 Å². The third-order valence-electron chi connectivity index (χ3n) is 5.11. The fraction of sp³-hybridized carbons (Fsp3) is 0.318. The molecule has 196 valence electrons. The molecule has 11 nitrogen and oxygen atoms in total. The Bertz CT molecular complexity index is 1230. The summed E-state index contributed by atoms with van der Waals surface area (Å²) in [6.45, 7) is 2.14. The van der Waals surface area contributed by atoms with Crippen LogP contribution in [0.3, 0.4) is 0 Å². The topological polar surface area (TPSA) is 172 Å². The van der Waals surface area contributed by atoms with Gasteiger partial charge in [0.05, 0.1) is 24.4 Å². The summed E-state index contributed by atoms with van der Waals surface area (Å²) in [5.74, 6) is -2.89. The molecule has 0 amide bonds. The van der Waals surface area contributed by atoms with E-state index in [0.717, 1.165) is 5.69 Å². The van der Waals surface area contributed by atoms with Crippen LogP contribution in [-0.2, 0) is 32.6 Å². The standard InChI is InChI=1S/C22H24N6O5.2ClH.Pt/c1-12-25-20(23)19-21(26-12)24-10-15(27-19)11-28(2)16-6-3-13(4-7-16)17(29)9-14(22(32)33)5-8-18(30)31;;;/h3-4,6-7,10,14H,5,8-9,11H2,1-2H3,(H,30,31)(H,32,33)(H2,23,24,25,26);2*1H;/q;;;+2/p-2. The van der Waals surface area contributed by atoms with Crippen molar-refractivity contribution in [3.63, 3.8) is 0 Å². The first kappa shape index (κ1) is 29.3. The zero-order valence-corrected chi connectivity index (χ0v) is 23.1. The van der Waals surface area contributed by atoms with E-state index in [2.05, 4.69) is 19.9 Å². The second-order valence-electron chi connectivity index (χ2n) is 7.73. The number of aromatic nitrogens is 4. The van der Waals surface area contributed by atoms with Crippen LogP contribution in [0, 0.1) is 12.8 Å². The number of ketones is 1. The van der Waals surface area contributed by atoms with Crippen LogP contribution >= 0.6 is 18.8 Å². The van der Waals surface area contributed by atoms with Gasteiger partial charge in [0.1, 0.15) is 5.82 Å². The molecular formula is C22H24Cl2N6O5Pt. The van der Waals surface area contributed by atoms with Gasteiger partial charge in [-0.2, -0.15) is 0 Å². The number of hydrogen-bond acceptors (Lipinski definition) is 9. The molecule has 1 unspecified atom stereocenters. The normalized spacial score (nSPS) is 11.4. The number of nitrogen functional groups attached to an aromatic ring is 1. The number of rotatable bonds is 10. The summed E-state index contributed by atoms with van der Waals surface area (Å²) >= 11 is -0.472. The van der Waals surface area contributed by atoms with Crippen LogP contribution in [-0.4, -0.2) is 54.9 Å². The number of nitrogens with zero attached hydrogens (tertiary/aromatic N) is 5. The Morgan fingerprint density at radius 3 is 2.33 bits per heavy atom. The Balaban J connectivity index is 0.00000145. The van der Waals surface area contributed by atoms with Crippen LogP contribution in [0.25, 0.3) is 11.2 Å². The molecule has 4 N–H and O–H groups in total. The number of carbonyl (C=O) groups is 3. The number of Topliss-reactive ketones (excluding diaryl/α,β-unsaturated/α-hetero) is 1. The van der Waals surface area contributed by atoms with Crippen LogP contribution in [0.15, 0.2) is 30.5 Å². The van der Waals surface area contributed by atoms with Crippen molar-refractivity contribution in [2.45, 2.75) is 32.7 Å². The summed E-state index contributed by atoms with van der Waals surface area (Å²) in [5, 5.41) is 18.0. The summed E-state index contributed by atoms with van der Waals surface area (Å²) in [6, 6.07) is 6.72. The van der Waals surface area contributed by atoms with E-state index in [1.807, 2.05) is 11.9 Å². The van der Waals surface area contributed by atoms with E-state index in [9.17, 15) is 19.5 Å². The Kier molecular flexibility index (Phi) is 11.4. The molecular weight excluding hydrogens is 694 g/mol. The van der Waals surface area contributed by atoms with Gasteiger partial charge in [0, 0.05) is 31.1 Å². The average molecular weight is 718 g/mol. The van der Waals surface area contributed by atoms with Gasteiger partial charge in [0.2, 0.25) is 0 Å². The van der Waals surface area contributed by atoms with E-state index >= 15 is 0 Å². The van der Waals surface area contributed by atoms with Crippen LogP contribution in [0.2, 0.25) is 0 Å². The molecule has 0 saturated heterocycles. The Morgan fingerprint density at radius 1 is 1.11 bits per heavy atom. The fourth-order valence-corrected chi connectivity index (χ4v) is 3.34. The van der Waals surface area contributed by atoms with Gasteiger partial charge in [0.25, 0.3) is 0 Å². The summed E-state index contributed by atoms with van der Waals surface area (Å²) in [5.41, 5.74) is 8.62.